The molecule has 0 aromatic carbocycles. The molecule has 0 aromatic rings. The number of carbonyl (C=O) groups is 3. The van der Waals surface area contributed by atoms with Crippen molar-refractivity contribution in [3.05, 3.63) is 0 Å². The summed E-state index contributed by atoms with van der Waals surface area (Å²) in [4.78, 5) is 35.8. The molecule has 1 aliphatic carbocycles. The zero-order chi connectivity index (χ0) is 15.5. The predicted molar refractivity (Wildman–Crippen MR) is 74.0 cm³/mol. The summed E-state index contributed by atoms with van der Waals surface area (Å²) in [6.45, 7) is 7.32. The fourth-order valence-corrected chi connectivity index (χ4v) is 2.08. The fourth-order valence-electron chi connectivity index (χ4n) is 2.08. The molecule has 0 heterocycles. The molecule has 2 N–H and O–H groups in total. The lowest BCUT2D eigenvalue weighted by atomic mass is 10.1. The number of amides is 2. The highest BCUT2D eigenvalue weighted by atomic mass is 16.4. The molecule has 0 radical (unpaired) electrons. The van der Waals surface area contributed by atoms with Gasteiger partial charge in [-0.3, -0.25) is 14.4 Å². The van der Waals surface area contributed by atoms with E-state index in [9.17, 15) is 14.4 Å². The molecule has 114 valence electrons. The molecule has 0 saturated heterocycles. The molecule has 1 rings (SSSR count). The van der Waals surface area contributed by atoms with Crippen LogP contribution in [-0.2, 0) is 14.4 Å². The number of hydrogen-bond acceptors (Lipinski definition) is 3. The van der Waals surface area contributed by atoms with Crippen molar-refractivity contribution in [1.82, 2.24) is 10.2 Å². The summed E-state index contributed by atoms with van der Waals surface area (Å²) in [5.74, 6) is -0.786. The lowest BCUT2D eigenvalue weighted by Gasteiger charge is -2.34. The van der Waals surface area contributed by atoms with Crippen LogP contribution >= 0.6 is 0 Å². The van der Waals surface area contributed by atoms with Crippen molar-refractivity contribution < 1.29 is 19.5 Å². The molecule has 2 unspecified atom stereocenters. The fraction of sp³-hybridized carbons (Fsp3) is 0.786. The third-order valence-electron chi connectivity index (χ3n) is 3.49. The highest BCUT2D eigenvalue weighted by Gasteiger charge is 2.38. The Morgan fingerprint density at radius 2 is 1.85 bits per heavy atom. The van der Waals surface area contributed by atoms with Crippen molar-refractivity contribution >= 4 is 17.8 Å². The summed E-state index contributed by atoms with van der Waals surface area (Å²) in [5.41, 5.74) is -0.551. The average molecular weight is 284 g/mol. The van der Waals surface area contributed by atoms with Gasteiger partial charge in [-0.1, -0.05) is 6.92 Å². The standard InChI is InChI=1S/C14H24N2O4/c1-9-7-10(9)13(20)15-6-5-11(17)16(8-12(18)19)14(2,3)4/h9-10H,5-8H2,1-4H3,(H,15,20)(H,18,19). The summed E-state index contributed by atoms with van der Waals surface area (Å²) in [6.07, 6.45) is 1.03. The molecular formula is C14H24N2O4. The monoisotopic (exact) mass is 284 g/mol. The summed E-state index contributed by atoms with van der Waals surface area (Å²) < 4.78 is 0. The number of aliphatic carboxylic acids is 1. The van der Waals surface area contributed by atoms with E-state index in [0.29, 0.717) is 5.92 Å². The highest BCUT2D eigenvalue weighted by Crippen LogP contribution is 2.37. The largest absolute Gasteiger partial charge is 0.480 e. The van der Waals surface area contributed by atoms with Crippen LogP contribution in [0.15, 0.2) is 0 Å². The van der Waals surface area contributed by atoms with Crippen LogP contribution in [-0.4, -0.2) is 46.4 Å². The van der Waals surface area contributed by atoms with E-state index in [4.69, 9.17) is 5.11 Å². The second kappa shape index (κ2) is 6.24. The highest BCUT2D eigenvalue weighted by molar-refractivity contribution is 5.84. The van der Waals surface area contributed by atoms with Crippen molar-refractivity contribution in [2.24, 2.45) is 11.8 Å². The minimum absolute atomic E-state index is 0.00848. The second-order valence-electron chi connectivity index (χ2n) is 6.40. The Kier molecular flexibility index (Phi) is 5.14. The molecule has 20 heavy (non-hydrogen) atoms. The molecule has 0 aliphatic heterocycles. The van der Waals surface area contributed by atoms with Gasteiger partial charge in [-0.05, 0) is 33.1 Å². The molecule has 2 atom stereocenters. The van der Waals surface area contributed by atoms with Crippen LogP contribution in [0.25, 0.3) is 0 Å². The van der Waals surface area contributed by atoms with Gasteiger partial charge in [0, 0.05) is 24.4 Å². The Hall–Kier alpha value is -1.59. The third-order valence-corrected chi connectivity index (χ3v) is 3.49. The number of nitrogens with one attached hydrogen (secondary N) is 1. The topological polar surface area (TPSA) is 86.7 Å². The van der Waals surface area contributed by atoms with Gasteiger partial charge in [-0.2, -0.15) is 0 Å². The van der Waals surface area contributed by atoms with Gasteiger partial charge in [-0.25, -0.2) is 0 Å². The maximum Gasteiger partial charge on any atom is 0.323 e. The van der Waals surface area contributed by atoms with E-state index in [1.165, 1.54) is 4.90 Å². The first-order chi connectivity index (χ1) is 9.12. The zero-order valence-corrected chi connectivity index (χ0v) is 12.6. The number of hydrogen-bond donors (Lipinski definition) is 2. The Morgan fingerprint density at radius 3 is 2.25 bits per heavy atom. The van der Waals surface area contributed by atoms with Crippen LogP contribution in [0.5, 0.6) is 0 Å². The Bertz CT molecular complexity index is 400. The summed E-state index contributed by atoms with van der Waals surface area (Å²) in [6, 6.07) is 0. The van der Waals surface area contributed by atoms with E-state index in [1.807, 2.05) is 6.92 Å². The number of rotatable bonds is 6. The van der Waals surface area contributed by atoms with Gasteiger partial charge in [0.25, 0.3) is 0 Å². The Balaban J connectivity index is 2.42. The van der Waals surface area contributed by atoms with E-state index in [2.05, 4.69) is 5.32 Å². The van der Waals surface area contributed by atoms with E-state index in [-0.39, 0.29) is 37.2 Å². The molecule has 2 amide bonds. The molecule has 6 heteroatoms. The summed E-state index contributed by atoms with van der Waals surface area (Å²) >= 11 is 0. The van der Waals surface area contributed by atoms with E-state index in [0.717, 1.165) is 6.42 Å². The quantitative estimate of drug-likeness (QED) is 0.757. The SMILES string of the molecule is CC1CC1C(=O)NCCC(=O)N(CC(=O)O)C(C)(C)C. The molecule has 0 aromatic heterocycles. The molecule has 1 saturated carbocycles. The van der Waals surface area contributed by atoms with Crippen LogP contribution in [0.1, 0.15) is 40.5 Å². The number of carboxylic acid groups (broad SMARTS) is 1. The average Bonchev–Trinajstić information content (AvgIpc) is 3.01. The van der Waals surface area contributed by atoms with E-state index in [1.54, 1.807) is 20.8 Å². The first-order valence-corrected chi connectivity index (χ1v) is 6.93. The minimum Gasteiger partial charge on any atom is -0.480 e. The molecule has 0 spiro atoms. The number of carboxylic acids is 1. The maximum absolute atomic E-state index is 12.1. The smallest absolute Gasteiger partial charge is 0.323 e. The van der Waals surface area contributed by atoms with Gasteiger partial charge in [0.15, 0.2) is 0 Å². The van der Waals surface area contributed by atoms with E-state index >= 15 is 0 Å². The Morgan fingerprint density at radius 1 is 1.30 bits per heavy atom. The predicted octanol–water partition coefficient (Wildman–Crippen LogP) is 0.860. The minimum atomic E-state index is -1.04. The first-order valence-electron chi connectivity index (χ1n) is 6.93. The van der Waals surface area contributed by atoms with E-state index < -0.39 is 11.5 Å². The first kappa shape index (κ1) is 16.5. The van der Waals surface area contributed by atoms with Crippen LogP contribution < -0.4 is 5.32 Å². The van der Waals surface area contributed by atoms with Crippen molar-refractivity contribution in [3.63, 3.8) is 0 Å². The van der Waals surface area contributed by atoms with Gasteiger partial charge in [0.05, 0.1) is 0 Å². The number of nitrogens with zero attached hydrogens (tertiary/aromatic N) is 1. The van der Waals surface area contributed by atoms with Gasteiger partial charge in [0.1, 0.15) is 6.54 Å². The summed E-state index contributed by atoms with van der Waals surface area (Å²) in [5, 5.41) is 11.6. The van der Waals surface area contributed by atoms with Gasteiger partial charge in [-0.15, -0.1) is 0 Å². The lowest BCUT2D eigenvalue weighted by molar-refractivity contribution is -0.148. The Labute approximate surface area is 119 Å². The van der Waals surface area contributed by atoms with Crippen molar-refractivity contribution in [1.29, 1.82) is 0 Å². The maximum atomic E-state index is 12.1. The molecule has 1 fully saturated rings. The third kappa shape index (κ3) is 4.83. The zero-order valence-electron chi connectivity index (χ0n) is 12.6. The summed E-state index contributed by atoms with van der Waals surface area (Å²) in [7, 11) is 0. The van der Waals surface area contributed by atoms with Gasteiger partial charge >= 0.3 is 5.97 Å². The van der Waals surface area contributed by atoms with Crippen molar-refractivity contribution in [3.8, 4) is 0 Å². The number of carbonyl (C=O) groups excluding carboxylic acids is 2. The molecule has 0 bridgehead atoms. The van der Waals surface area contributed by atoms with Gasteiger partial charge < -0.3 is 15.3 Å². The lowest BCUT2D eigenvalue weighted by Crippen LogP contribution is -2.49. The van der Waals surface area contributed by atoms with Crippen molar-refractivity contribution in [2.75, 3.05) is 13.1 Å². The molecule has 1 aliphatic rings. The van der Waals surface area contributed by atoms with Crippen LogP contribution in [0, 0.1) is 11.8 Å². The molecular weight excluding hydrogens is 260 g/mol. The van der Waals surface area contributed by atoms with Crippen LogP contribution in [0.4, 0.5) is 0 Å². The normalized spacial score (nSPS) is 21.2. The van der Waals surface area contributed by atoms with Crippen molar-refractivity contribution in [2.45, 2.75) is 46.1 Å². The van der Waals surface area contributed by atoms with Crippen LogP contribution in [0.3, 0.4) is 0 Å². The van der Waals surface area contributed by atoms with Gasteiger partial charge in [0.2, 0.25) is 11.8 Å². The van der Waals surface area contributed by atoms with Crippen LogP contribution in [0.2, 0.25) is 0 Å². The second-order valence-corrected chi connectivity index (χ2v) is 6.40. The molecule has 6 nitrogen and oxygen atoms in total.